The van der Waals surface area contributed by atoms with E-state index in [0.717, 1.165) is 43.4 Å². The van der Waals surface area contributed by atoms with E-state index in [1.54, 1.807) is 0 Å². The molecular weight excluding hydrogens is 216 g/mol. The fourth-order valence-corrected chi connectivity index (χ4v) is 1.95. The van der Waals surface area contributed by atoms with Crippen molar-refractivity contribution >= 4 is 11.4 Å². The van der Waals surface area contributed by atoms with Gasteiger partial charge in [-0.15, -0.1) is 0 Å². The quantitative estimate of drug-likeness (QED) is 0.814. The number of morpholine rings is 1. The minimum absolute atomic E-state index is 0.177. The monoisotopic (exact) mass is 236 g/mol. The number of anilines is 2. The standard InChI is InChI=1S/C13H20N2O2/c1-10(2)17-11-3-4-12(14)13(9-11)15-5-7-16-8-6-15/h3-4,9-10H,5-8,14H2,1-2H3. The second kappa shape index (κ2) is 5.27. The summed E-state index contributed by atoms with van der Waals surface area (Å²) >= 11 is 0. The molecule has 0 amide bonds. The van der Waals surface area contributed by atoms with Crippen LogP contribution in [0.25, 0.3) is 0 Å². The van der Waals surface area contributed by atoms with Crippen molar-refractivity contribution in [3.63, 3.8) is 0 Å². The highest BCUT2D eigenvalue weighted by Crippen LogP contribution is 2.29. The number of rotatable bonds is 3. The van der Waals surface area contributed by atoms with E-state index in [1.807, 2.05) is 32.0 Å². The summed E-state index contributed by atoms with van der Waals surface area (Å²) in [6, 6.07) is 5.84. The van der Waals surface area contributed by atoms with E-state index in [1.165, 1.54) is 0 Å². The molecule has 0 unspecified atom stereocenters. The van der Waals surface area contributed by atoms with E-state index in [4.69, 9.17) is 15.2 Å². The van der Waals surface area contributed by atoms with Crippen molar-refractivity contribution in [2.24, 2.45) is 0 Å². The summed E-state index contributed by atoms with van der Waals surface area (Å²) in [5, 5.41) is 0. The number of nitrogen functional groups attached to an aromatic ring is 1. The van der Waals surface area contributed by atoms with Gasteiger partial charge < -0.3 is 20.1 Å². The van der Waals surface area contributed by atoms with E-state index in [2.05, 4.69) is 4.90 Å². The SMILES string of the molecule is CC(C)Oc1ccc(N)c(N2CCOCC2)c1. The number of hydrogen-bond donors (Lipinski definition) is 1. The minimum atomic E-state index is 0.177. The Labute approximate surface area is 102 Å². The van der Waals surface area contributed by atoms with Crippen LogP contribution in [0.2, 0.25) is 0 Å². The minimum Gasteiger partial charge on any atom is -0.491 e. The highest BCUT2D eigenvalue weighted by molar-refractivity contribution is 5.69. The smallest absolute Gasteiger partial charge is 0.121 e. The molecule has 2 rings (SSSR count). The maximum atomic E-state index is 6.01. The van der Waals surface area contributed by atoms with Crippen molar-refractivity contribution in [1.82, 2.24) is 0 Å². The largest absolute Gasteiger partial charge is 0.491 e. The van der Waals surface area contributed by atoms with Gasteiger partial charge in [-0.05, 0) is 26.0 Å². The second-order valence-corrected chi connectivity index (χ2v) is 4.49. The summed E-state index contributed by atoms with van der Waals surface area (Å²) in [6.07, 6.45) is 0.177. The Bertz CT molecular complexity index is 374. The molecule has 1 saturated heterocycles. The zero-order valence-electron chi connectivity index (χ0n) is 10.5. The van der Waals surface area contributed by atoms with Crippen molar-refractivity contribution in [2.45, 2.75) is 20.0 Å². The molecule has 4 heteroatoms. The molecule has 0 spiro atoms. The van der Waals surface area contributed by atoms with Crippen LogP contribution in [0.1, 0.15) is 13.8 Å². The summed E-state index contributed by atoms with van der Waals surface area (Å²) in [4.78, 5) is 2.24. The average Bonchev–Trinajstić information content (AvgIpc) is 2.32. The van der Waals surface area contributed by atoms with Crippen molar-refractivity contribution in [1.29, 1.82) is 0 Å². The predicted molar refractivity (Wildman–Crippen MR) is 69.7 cm³/mol. The van der Waals surface area contributed by atoms with Gasteiger partial charge in [-0.25, -0.2) is 0 Å². The van der Waals surface area contributed by atoms with Crippen LogP contribution in [0.4, 0.5) is 11.4 Å². The maximum Gasteiger partial charge on any atom is 0.121 e. The van der Waals surface area contributed by atoms with Crippen LogP contribution in [0, 0.1) is 0 Å². The molecule has 1 aliphatic heterocycles. The van der Waals surface area contributed by atoms with Gasteiger partial charge in [-0.2, -0.15) is 0 Å². The lowest BCUT2D eigenvalue weighted by Gasteiger charge is -2.30. The van der Waals surface area contributed by atoms with Gasteiger partial charge >= 0.3 is 0 Å². The van der Waals surface area contributed by atoms with Crippen molar-refractivity contribution in [3.8, 4) is 5.75 Å². The lowest BCUT2D eigenvalue weighted by atomic mass is 10.2. The van der Waals surface area contributed by atoms with Gasteiger partial charge in [-0.1, -0.05) is 0 Å². The lowest BCUT2D eigenvalue weighted by Crippen LogP contribution is -2.36. The first-order valence-electron chi connectivity index (χ1n) is 6.05. The Balaban J connectivity index is 2.19. The Kier molecular flexibility index (Phi) is 3.74. The van der Waals surface area contributed by atoms with E-state index < -0.39 is 0 Å². The second-order valence-electron chi connectivity index (χ2n) is 4.49. The molecule has 1 aliphatic rings. The van der Waals surface area contributed by atoms with Crippen molar-refractivity contribution < 1.29 is 9.47 Å². The van der Waals surface area contributed by atoms with E-state index >= 15 is 0 Å². The van der Waals surface area contributed by atoms with Crippen LogP contribution in [-0.4, -0.2) is 32.4 Å². The molecule has 94 valence electrons. The Morgan fingerprint density at radius 1 is 1.29 bits per heavy atom. The molecule has 0 aliphatic carbocycles. The van der Waals surface area contributed by atoms with Gasteiger partial charge in [0, 0.05) is 19.2 Å². The van der Waals surface area contributed by atoms with Gasteiger partial charge in [0.2, 0.25) is 0 Å². The summed E-state index contributed by atoms with van der Waals surface area (Å²) < 4.78 is 11.0. The molecule has 0 saturated carbocycles. The van der Waals surface area contributed by atoms with Gasteiger partial charge in [0.1, 0.15) is 5.75 Å². The average molecular weight is 236 g/mol. The molecule has 0 atom stereocenters. The third-order valence-electron chi connectivity index (χ3n) is 2.73. The highest BCUT2D eigenvalue weighted by atomic mass is 16.5. The molecule has 17 heavy (non-hydrogen) atoms. The maximum absolute atomic E-state index is 6.01. The molecule has 0 radical (unpaired) electrons. The van der Waals surface area contributed by atoms with Crippen LogP contribution in [0.3, 0.4) is 0 Å². The normalized spacial score (nSPS) is 16.3. The van der Waals surface area contributed by atoms with E-state index in [0.29, 0.717) is 0 Å². The van der Waals surface area contributed by atoms with Crippen LogP contribution < -0.4 is 15.4 Å². The molecule has 0 aromatic heterocycles. The number of ether oxygens (including phenoxy) is 2. The van der Waals surface area contributed by atoms with Gasteiger partial charge in [0.05, 0.1) is 30.7 Å². The highest BCUT2D eigenvalue weighted by Gasteiger charge is 2.14. The third-order valence-corrected chi connectivity index (χ3v) is 2.73. The van der Waals surface area contributed by atoms with Crippen molar-refractivity contribution in [3.05, 3.63) is 18.2 Å². The van der Waals surface area contributed by atoms with E-state index in [-0.39, 0.29) is 6.10 Å². The van der Waals surface area contributed by atoms with Crippen LogP contribution in [0.15, 0.2) is 18.2 Å². The summed E-state index contributed by atoms with van der Waals surface area (Å²) in [5.74, 6) is 0.871. The third kappa shape index (κ3) is 3.03. The first kappa shape index (κ1) is 12.0. The first-order valence-corrected chi connectivity index (χ1v) is 6.05. The zero-order valence-corrected chi connectivity index (χ0v) is 10.5. The Morgan fingerprint density at radius 2 is 2.00 bits per heavy atom. The summed E-state index contributed by atoms with van der Waals surface area (Å²) in [6.45, 7) is 7.32. The van der Waals surface area contributed by atoms with Gasteiger partial charge in [0.15, 0.2) is 0 Å². The Hall–Kier alpha value is -1.42. The molecule has 1 fully saturated rings. The van der Waals surface area contributed by atoms with Crippen molar-refractivity contribution in [2.75, 3.05) is 36.9 Å². The van der Waals surface area contributed by atoms with Crippen LogP contribution >= 0.6 is 0 Å². The predicted octanol–water partition coefficient (Wildman–Crippen LogP) is 1.89. The van der Waals surface area contributed by atoms with E-state index in [9.17, 15) is 0 Å². The van der Waals surface area contributed by atoms with Gasteiger partial charge in [-0.3, -0.25) is 0 Å². The molecular formula is C13H20N2O2. The number of nitrogens with two attached hydrogens (primary N) is 1. The first-order chi connectivity index (χ1) is 8.16. The number of nitrogens with zero attached hydrogens (tertiary/aromatic N) is 1. The topological polar surface area (TPSA) is 47.7 Å². The van der Waals surface area contributed by atoms with Crippen LogP contribution in [0.5, 0.6) is 5.75 Å². The van der Waals surface area contributed by atoms with Crippen LogP contribution in [-0.2, 0) is 4.74 Å². The number of benzene rings is 1. The fourth-order valence-electron chi connectivity index (χ4n) is 1.95. The zero-order chi connectivity index (χ0) is 12.3. The summed E-state index contributed by atoms with van der Waals surface area (Å²) in [5.41, 5.74) is 7.86. The molecule has 1 aromatic carbocycles. The molecule has 1 heterocycles. The van der Waals surface area contributed by atoms with Gasteiger partial charge in [0.25, 0.3) is 0 Å². The molecule has 1 aromatic rings. The molecule has 0 bridgehead atoms. The lowest BCUT2D eigenvalue weighted by molar-refractivity contribution is 0.122. The summed E-state index contributed by atoms with van der Waals surface area (Å²) in [7, 11) is 0. The fraction of sp³-hybridized carbons (Fsp3) is 0.538. The molecule has 4 nitrogen and oxygen atoms in total. The number of hydrogen-bond acceptors (Lipinski definition) is 4. The Morgan fingerprint density at radius 3 is 2.65 bits per heavy atom. The molecule has 2 N–H and O–H groups in total.